The van der Waals surface area contributed by atoms with E-state index < -0.39 is 0 Å². The minimum atomic E-state index is 0.134. The number of hydrogen-bond acceptors (Lipinski definition) is 5. The van der Waals surface area contributed by atoms with Crippen molar-refractivity contribution in [3.8, 4) is 0 Å². The van der Waals surface area contributed by atoms with Crippen LogP contribution in [0, 0.1) is 0 Å². The minimum absolute atomic E-state index is 0.134. The molecule has 3 N–H and O–H groups in total. The predicted molar refractivity (Wildman–Crippen MR) is 99.9 cm³/mol. The highest BCUT2D eigenvalue weighted by Gasteiger charge is 2.44. The zero-order chi connectivity index (χ0) is 16.0. The normalized spacial score (nSPS) is 22.2. The van der Waals surface area contributed by atoms with Crippen LogP contribution in [-0.4, -0.2) is 28.6 Å². The summed E-state index contributed by atoms with van der Waals surface area (Å²) in [5.41, 5.74) is 6.14. The van der Waals surface area contributed by atoms with E-state index in [1.165, 1.54) is 19.3 Å². The van der Waals surface area contributed by atoms with Crippen molar-refractivity contribution in [2.75, 3.05) is 12.9 Å². The average Bonchev–Trinajstić information content (AvgIpc) is 2.80. The Kier molecular flexibility index (Phi) is 8.06. The van der Waals surface area contributed by atoms with Gasteiger partial charge >= 0.3 is 0 Å². The molecule has 1 aliphatic heterocycles. The first-order valence-electron chi connectivity index (χ1n) is 6.98. The van der Waals surface area contributed by atoms with Crippen molar-refractivity contribution in [3.05, 3.63) is 19.8 Å². The van der Waals surface area contributed by atoms with Gasteiger partial charge in [-0.05, 0) is 41.3 Å². The van der Waals surface area contributed by atoms with E-state index in [4.69, 9.17) is 22.4 Å². The van der Waals surface area contributed by atoms with E-state index in [1.807, 2.05) is 31.7 Å². The number of nitrogens with two attached hydrogens (primary N) is 1. The SMILES string of the molecule is CC.CO.NC1=N[C@H](c2sc(Br)cc2Cl)CSC12CCC2. The zero-order valence-electron chi connectivity index (χ0n) is 12.5. The molecule has 120 valence electrons. The first-order chi connectivity index (χ1) is 10.1. The molecule has 0 saturated heterocycles. The van der Waals surface area contributed by atoms with Crippen molar-refractivity contribution in [2.24, 2.45) is 10.7 Å². The van der Waals surface area contributed by atoms with Gasteiger partial charge in [0.2, 0.25) is 0 Å². The van der Waals surface area contributed by atoms with Gasteiger partial charge in [-0.25, -0.2) is 0 Å². The number of nitrogens with zero attached hydrogens (tertiary/aromatic N) is 1. The number of aliphatic hydroxyl groups excluding tert-OH is 1. The first kappa shape index (κ1) is 19.3. The fourth-order valence-electron chi connectivity index (χ4n) is 2.25. The molecule has 1 spiro atoms. The molecule has 21 heavy (non-hydrogen) atoms. The third-order valence-corrected chi connectivity index (χ3v) is 7.24. The van der Waals surface area contributed by atoms with Crippen molar-refractivity contribution < 1.29 is 5.11 Å². The number of halogens is 2. The molecule has 2 heterocycles. The molecule has 0 unspecified atom stereocenters. The maximum atomic E-state index is 7.00. The monoisotopic (exact) mass is 412 g/mol. The molecule has 1 saturated carbocycles. The summed E-state index contributed by atoms with van der Waals surface area (Å²) in [5.74, 6) is 1.82. The number of thiophene rings is 1. The number of aliphatic imine (C=N–C) groups is 1. The molecule has 0 radical (unpaired) electrons. The molecule has 1 aromatic rings. The third-order valence-electron chi connectivity index (χ3n) is 3.43. The van der Waals surface area contributed by atoms with Crippen molar-refractivity contribution in [3.63, 3.8) is 0 Å². The quantitative estimate of drug-likeness (QED) is 0.690. The van der Waals surface area contributed by atoms with Crippen LogP contribution in [0.15, 0.2) is 14.8 Å². The molecule has 0 bridgehead atoms. The first-order valence-corrected chi connectivity index (χ1v) is 9.95. The maximum absolute atomic E-state index is 7.00. The Morgan fingerprint density at radius 2 is 2.05 bits per heavy atom. The largest absolute Gasteiger partial charge is 0.400 e. The van der Waals surface area contributed by atoms with Crippen molar-refractivity contribution in [2.45, 2.75) is 43.9 Å². The Bertz CT molecular complexity index is 489. The van der Waals surface area contributed by atoms with E-state index in [-0.39, 0.29) is 10.8 Å². The van der Waals surface area contributed by atoms with Crippen LogP contribution in [0.4, 0.5) is 0 Å². The smallest absolute Gasteiger partial charge is 0.111 e. The van der Waals surface area contributed by atoms with Gasteiger partial charge < -0.3 is 10.8 Å². The molecule has 2 aliphatic rings. The van der Waals surface area contributed by atoms with Crippen LogP contribution >= 0.6 is 50.6 Å². The van der Waals surface area contributed by atoms with Crippen LogP contribution in [0.1, 0.15) is 44.0 Å². The van der Waals surface area contributed by atoms with Crippen molar-refractivity contribution in [1.29, 1.82) is 0 Å². The Labute approximate surface area is 148 Å². The Morgan fingerprint density at radius 3 is 2.43 bits per heavy atom. The molecule has 7 heteroatoms. The molecule has 1 aliphatic carbocycles. The molecule has 3 rings (SSSR count). The van der Waals surface area contributed by atoms with Gasteiger partial charge in [0, 0.05) is 17.7 Å². The topological polar surface area (TPSA) is 58.6 Å². The highest BCUT2D eigenvalue weighted by atomic mass is 79.9. The summed E-state index contributed by atoms with van der Waals surface area (Å²) in [6, 6.07) is 2.07. The lowest BCUT2D eigenvalue weighted by molar-refractivity contribution is 0.399. The van der Waals surface area contributed by atoms with Gasteiger partial charge in [-0.2, -0.15) is 0 Å². The maximum Gasteiger partial charge on any atom is 0.111 e. The summed E-state index contributed by atoms with van der Waals surface area (Å²) >= 11 is 13.3. The molecular formula is C14H22BrClN2OS2. The van der Waals surface area contributed by atoms with Gasteiger partial charge in [0.15, 0.2) is 0 Å². The van der Waals surface area contributed by atoms with Gasteiger partial charge in [-0.15, -0.1) is 23.1 Å². The number of amidine groups is 1. The number of thioether (sulfide) groups is 1. The number of rotatable bonds is 1. The molecule has 1 fully saturated rings. The van der Waals surface area contributed by atoms with Crippen LogP contribution in [0.5, 0.6) is 0 Å². The number of aliphatic hydroxyl groups is 1. The molecule has 1 atom stereocenters. The van der Waals surface area contributed by atoms with Crippen LogP contribution < -0.4 is 5.73 Å². The second-order valence-corrected chi connectivity index (χ2v) is 8.73. The fraction of sp³-hybridized carbons (Fsp3) is 0.643. The standard InChI is InChI=1S/C11H12BrClN2S2.C2H6.CH4O/c12-8-4-6(13)9(17-8)7-5-16-11(2-1-3-11)10(14)15-7;2*1-2/h4,7H,1-3,5H2,(H2,14,15);1-2H3;2H,1H3/t7-;;/m0../s1. The summed E-state index contributed by atoms with van der Waals surface area (Å²) in [6.45, 7) is 4.00. The summed E-state index contributed by atoms with van der Waals surface area (Å²) < 4.78 is 1.22. The van der Waals surface area contributed by atoms with E-state index in [9.17, 15) is 0 Å². The zero-order valence-corrected chi connectivity index (χ0v) is 16.5. The second kappa shape index (κ2) is 8.77. The molecule has 0 amide bonds. The molecule has 3 nitrogen and oxygen atoms in total. The van der Waals surface area contributed by atoms with Crippen LogP contribution in [0.25, 0.3) is 0 Å². The molecule has 0 aromatic carbocycles. The summed E-state index contributed by atoms with van der Waals surface area (Å²) in [5, 5.41) is 7.80. The van der Waals surface area contributed by atoms with E-state index in [1.54, 1.807) is 11.3 Å². The third kappa shape index (κ3) is 4.16. The Morgan fingerprint density at radius 1 is 1.43 bits per heavy atom. The Balaban J connectivity index is 0.000000510. The minimum Gasteiger partial charge on any atom is -0.400 e. The lowest BCUT2D eigenvalue weighted by Gasteiger charge is -2.44. The van der Waals surface area contributed by atoms with E-state index in [2.05, 4.69) is 20.9 Å². The van der Waals surface area contributed by atoms with Gasteiger partial charge in [-0.3, -0.25) is 4.99 Å². The van der Waals surface area contributed by atoms with Gasteiger partial charge in [-0.1, -0.05) is 25.4 Å². The fourth-order valence-corrected chi connectivity index (χ4v) is 5.97. The van der Waals surface area contributed by atoms with E-state index in [0.717, 1.165) is 32.4 Å². The van der Waals surface area contributed by atoms with Crippen LogP contribution in [0.3, 0.4) is 0 Å². The van der Waals surface area contributed by atoms with Gasteiger partial charge in [0.1, 0.15) is 5.84 Å². The highest BCUT2D eigenvalue weighted by molar-refractivity contribution is 9.11. The highest BCUT2D eigenvalue weighted by Crippen LogP contribution is 2.50. The van der Waals surface area contributed by atoms with E-state index >= 15 is 0 Å². The van der Waals surface area contributed by atoms with Gasteiger partial charge in [0.05, 0.1) is 19.6 Å². The summed E-state index contributed by atoms with van der Waals surface area (Å²) in [4.78, 5) is 5.81. The molecular weight excluding hydrogens is 392 g/mol. The van der Waals surface area contributed by atoms with Crippen molar-refractivity contribution in [1.82, 2.24) is 0 Å². The van der Waals surface area contributed by atoms with Crippen LogP contribution in [-0.2, 0) is 0 Å². The van der Waals surface area contributed by atoms with Crippen LogP contribution in [0.2, 0.25) is 5.02 Å². The second-order valence-electron chi connectivity index (χ2n) is 4.45. The van der Waals surface area contributed by atoms with E-state index in [0.29, 0.717) is 0 Å². The lowest BCUT2D eigenvalue weighted by atomic mass is 9.83. The van der Waals surface area contributed by atoms with Gasteiger partial charge in [0.25, 0.3) is 0 Å². The Hall–Kier alpha value is 0.250. The summed E-state index contributed by atoms with van der Waals surface area (Å²) in [7, 11) is 1.00. The summed E-state index contributed by atoms with van der Waals surface area (Å²) in [6.07, 6.45) is 3.64. The van der Waals surface area contributed by atoms with Crippen molar-refractivity contribution >= 4 is 56.5 Å². The predicted octanol–water partition coefficient (Wildman–Crippen LogP) is 4.87. The average molecular weight is 414 g/mol. The molecule has 1 aromatic heterocycles. The number of hydrogen-bond donors (Lipinski definition) is 2. The lowest BCUT2D eigenvalue weighted by Crippen LogP contribution is -2.49.